The van der Waals surface area contributed by atoms with E-state index in [1.807, 2.05) is 6.92 Å². The molecule has 32 heavy (non-hydrogen) atoms. The van der Waals surface area contributed by atoms with E-state index in [1.165, 1.54) is 35.2 Å². The van der Waals surface area contributed by atoms with E-state index in [0.29, 0.717) is 22.6 Å². The van der Waals surface area contributed by atoms with Crippen molar-refractivity contribution in [1.82, 2.24) is 4.90 Å². The molecular formula is C24H23FN2O5. The number of likely N-dealkylation sites (N-methyl/N-ethyl adjacent to an activating group) is 1. The molecule has 8 heteroatoms. The monoisotopic (exact) mass is 438 g/mol. The minimum absolute atomic E-state index is 0.0865. The van der Waals surface area contributed by atoms with Gasteiger partial charge in [-0.25, -0.2) is 4.39 Å². The lowest BCUT2D eigenvalue weighted by Gasteiger charge is -2.25. The molecule has 0 saturated heterocycles. The Hall–Kier alpha value is -3.94. The number of rotatable bonds is 8. The van der Waals surface area contributed by atoms with Gasteiger partial charge in [-0.3, -0.25) is 14.9 Å². The minimum Gasteiger partial charge on any atom is -0.497 e. The summed E-state index contributed by atoms with van der Waals surface area (Å²) in [6.07, 6.45) is 0. The number of nitro benzene ring substituents is 1. The van der Waals surface area contributed by atoms with Crippen molar-refractivity contribution in [3.8, 4) is 22.6 Å². The van der Waals surface area contributed by atoms with Gasteiger partial charge in [0.15, 0.2) is 6.61 Å². The summed E-state index contributed by atoms with van der Waals surface area (Å²) in [7, 11) is 3.19. The van der Waals surface area contributed by atoms with Gasteiger partial charge in [0.05, 0.1) is 18.1 Å². The predicted molar refractivity (Wildman–Crippen MR) is 118 cm³/mol. The molecule has 3 aromatic rings. The average Bonchev–Trinajstić information content (AvgIpc) is 2.82. The number of halogens is 1. The van der Waals surface area contributed by atoms with Crippen LogP contribution in [0.1, 0.15) is 18.5 Å². The number of non-ortho nitro benzene ring substituents is 1. The highest BCUT2D eigenvalue weighted by atomic mass is 19.1. The van der Waals surface area contributed by atoms with Crippen LogP contribution in [0.3, 0.4) is 0 Å². The van der Waals surface area contributed by atoms with Gasteiger partial charge in [-0.1, -0.05) is 24.3 Å². The zero-order chi connectivity index (χ0) is 23.3. The number of benzene rings is 3. The third-order valence-corrected chi connectivity index (χ3v) is 5.25. The van der Waals surface area contributed by atoms with Crippen LogP contribution in [0.4, 0.5) is 10.1 Å². The van der Waals surface area contributed by atoms with Gasteiger partial charge in [0.1, 0.15) is 17.3 Å². The van der Waals surface area contributed by atoms with Gasteiger partial charge in [0, 0.05) is 24.7 Å². The molecule has 0 aliphatic heterocycles. The van der Waals surface area contributed by atoms with Crippen molar-refractivity contribution < 1.29 is 23.6 Å². The lowest BCUT2D eigenvalue weighted by molar-refractivity contribution is -0.384. The Labute approximate surface area is 185 Å². The number of ether oxygens (including phenoxy) is 2. The van der Waals surface area contributed by atoms with Crippen molar-refractivity contribution in [1.29, 1.82) is 0 Å². The molecule has 3 rings (SSSR count). The smallest absolute Gasteiger partial charge is 0.270 e. The average molecular weight is 438 g/mol. The fourth-order valence-corrected chi connectivity index (χ4v) is 3.18. The molecule has 1 atom stereocenters. The molecule has 0 fully saturated rings. The topological polar surface area (TPSA) is 81.9 Å². The predicted octanol–water partition coefficient (Wildman–Crippen LogP) is 5.01. The third-order valence-electron chi connectivity index (χ3n) is 5.25. The first kappa shape index (κ1) is 22.7. The molecule has 7 nitrogen and oxygen atoms in total. The largest absolute Gasteiger partial charge is 0.497 e. The molecule has 3 aromatic carbocycles. The number of methoxy groups -OCH3 is 1. The summed E-state index contributed by atoms with van der Waals surface area (Å²) in [4.78, 5) is 25.0. The van der Waals surface area contributed by atoms with Gasteiger partial charge in [0.25, 0.3) is 11.6 Å². The Balaban J connectivity index is 1.79. The fourth-order valence-electron chi connectivity index (χ4n) is 3.18. The van der Waals surface area contributed by atoms with E-state index in [-0.39, 0.29) is 30.1 Å². The highest BCUT2D eigenvalue weighted by Gasteiger charge is 2.20. The summed E-state index contributed by atoms with van der Waals surface area (Å²) < 4.78 is 24.1. The van der Waals surface area contributed by atoms with E-state index in [4.69, 9.17) is 9.47 Å². The van der Waals surface area contributed by atoms with Crippen LogP contribution in [0.25, 0.3) is 11.1 Å². The number of nitro groups is 1. The molecule has 0 spiro atoms. The van der Waals surface area contributed by atoms with Crippen molar-refractivity contribution in [2.75, 3.05) is 20.8 Å². The maximum absolute atomic E-state index is 13.2. The minimum atomic E-state index is -0.486. The number of carbonyl (C=O) groups excluding carboxylic acids is 1. The van der Waals surface area contributed by atoms with E-state index in [2.05, 4.69) is 0 Å². The van der Waals surface area contributed by atoms with E-state index in [0.717, 1.165) is 5.56 Å². The molecule has 1 unspecified atom stereocenters. The number of hydrogen-bond donors (Lipinski definition) is 0. The first-order valence-electron chi connectivity index (χ1n) is 9.87. The number of nitrogens with zero attached hydrogens (tertiary/aromatic N) is 2. The van der Waals surface area contributed by atoms with E-state index in [9.17, 15) is 19.3 Å². The van der Waals surface area contributed by atoms with Crippen molar-refractivity contribution in [2.45, 2.75) is 13.0 Å². The molecule has 0 radical (unpaired) electrons. The standard InChI is InChI=1S/C24H23FN2O5/c1-16(17-4-8-19(25)9-5-17)26(2)24(28)15-32-23-13-10-20(27(29)30)14-22(23)18-6-11-21(31-3)12-7-18/h4-14,16H,15H2,1-3H3. The molecule has 0 aromatic heterocycles. The zero-order valence-electron chi connectivity index (χ0n) is 17.9. The lowest BCUT2D eigenvalue weighted by atomic mass is 10.0. The Bertz CT molecular complexity index is 1100. The van der Waals surface area contributed by atoms with Crippen molar-refractivity contribution in [3.63, 3.8) is 0 Å². The normalized spacial score (nSPS) is 11.5. The maximum Gasteiger partial charge on any atom is 0.270 e. The molecule has 1 amide bonds. The van der Waals surface area contributed by atoms with Gasteiger partial charge in [-0.05, 0) is 48.4 Å². The molecular weight excluding hydrogens is 415 g/mol. The molecule has 0 saturated carbocycles. The summed E-state index contributed by atoms with van der Waals surface area (Å²) in [6, 6.07) is 16.9. The molecule has 166 valence electrons. The van der Waals surface area contributed by atoms with Crippen LogP contribution in [-0.2, 0) is 4.79 Å². The molecule has 0 aliphatic carbocycles. The molecule has 0 N–H and O–H groups in total. The zero-order valence-corrected chi connectivity index (χ0v) is 17.9. The summed E-state index contributed by atoms with van der Waals surface area (Å²) in [5, 5.41) is 11.2. The number of amides is 1. The number of carbonyl (C=O) groups is 1. The summed E-state index contributed by atoms with van der Waals surface area (Å²) in [5.74, 6) is 0.355. The Morgan fingerprint density at radius 1 is 1.09 bits per heavy atom. The van der Waals surface area contributed by atoms with Crippen LogP contribution < -0.4 is 9.47 Å². The van der Waals surface area contributed by atoms with Crippen LogP contribution in [0.15, 0.2) is 66.7 Å². The number of hydrogen-bond acceptors (Lipinski definition) is 5. The van der Waals surface area contributed by atoms with Crippen molar-refractivity contribution in [2.24, 2.45) is 0 Å². The van der Waals surface area contributed by atoms with E-state index in [1.54, 1.807) is 50.6 Å². The third kappa shape index (κ3) is 5.21. The first-order valence-corrected chi connectivity index (χ1v) is 9.87. The van der Waals surface area contributed by atoms with Crippen molar-refractivity contribution >= 4 is 11.6 Å². The second-order valence-electron chi connectivity index (χ2n) is 7.19. The van der Waals surface area contributed by atoms with Gasteiger partial charge in [-0.2, -0.15) is 0 Å². The van der Waals surface area contributed by atoms with Gasteiger partial charge >= 0.3 is 0 Å². The second kappa shape index (κ2) is 9.91. The highest BCUT2D eigenvalue weighted by molar-refractivity contribution is 5.79. The van der Waals surface area contributed by atoms with Crippen LogP contribution in [0, 0.1) is 15.9 Å². The van der Waals surface area contributed by atoms with Crippen LogP contribution in [-0.4, -0.2) is 36.5 Å². The van der Waals surface area contributed by atoms with Crippen LogP contribution in [0.5, 0.6) is 11.5 Å². The quantitative estimate of drug-likeness (QED) is 0.365. The molecule has 0 aliphatic rings. The summed E-state index contributed by atoms with van der Waals surface area (Å²) >= 11 is 0. The Morgan fingerprint density at radius 2 is 1.75 bits per heavy atom. The lowest BCUT2D eigenvalue weighted by Crippen LogP contribution is -2.33. The first-order chi connectivity index (χ1) is 15.3. The van der Waals surface area contributed by atoms with Crippen LogP contribution >= 0.6 is 0 Å². The van der Waals surface area contributed by atoms with Gasteiger partial charge in [0.2, 0.25) is 0 Å². The molecule has 0 bridgehead atoms. The maximum atomic E-state index is 13.2. The Kier molecular flexibility index (Phi) is 7.04. The summed E-state index contributed by atoms with van der Waals surface area (Å²) in [6.45, 7) is 1.57. The second-order valence-corrected chi connectivity index (χ2v) is 7.19. The van der Waals surface area contributed by atoms with E-state index < -0.39 is 4.92 Å². The van der Waals surface area contributed by atoms with Gasteiger partial charge < -0.3 is 14.4 Å². The SMILES string of the molecule is COc1ccc(-c2cc([N+](=O)[O-])ccc2OCC(=O)N(C)C(C)c2ccc(F)cc2)cc1. The highest BCUT2D eigenvalue weighted by Crippen LogP contribution is 2.34. The fraction of sp³-hybridized carbons (Fsp3) is 0.208. The Morgan fingerprint density at radius 3 is 2.34 bits per heavy atom. The summed E-state index contributed by atoms with van der Waals surface area (Å²) in [5.41, 5.74) is 1.88. The van der Waals surface area contributed by atoms with Gasteiger partial charge in [-0.15, -0.1) is 0 Å². The van der Waals surface area contributed by atoms with Crippen molar-refractivity contribution in [3.05, 3.63) is 88.2 Å². The van der Waals surface area contributed by atoms with E-state index >= 15 is 0 Å². The van der Waals surface area contributed by atoms with Crippen LogP contribution in [0.2, 0.25) is 0 Å². The molecule has 0 heterocycles.